The number of nitro benzene ring substituents is 1. The van der Waals surface area contributed by atoms with Crippen molar-refractivity contribution in [3.63, 3.8) is 0 Å². The molecule has 2 aliphatic carbocycles. The van der Waals surface area contributed by atoms with Crippen LogP contribution in [0.1, 0.15) is 17.5 Å². The molecule has 0 unspecified atom stereocenters. The summed E-state index contributed by atoms with van der Waals surface area (Å²) >= 11 is 6.89. The molecule has 5 rings (SSSR count). The van der Waals surface area contributed by atoms with Gasteiger partial charge in [0, 0.05) is 32.2 Å². The number of allylic oxidation sites excluding steroid dienone is 2. The van der Waals surface area contributed by atoms with Crippen molar-refractivity contribution in [3.05, 3.63) is 78.7 Å². The molecule has 1 saturated heterocycles. The summed E-state index contributed by atoms with van der Waals surface area (Å²) < 4.78 is 7.66. The van der Waals surface area contributed by atoms with Crippen molar-refractivity contribution in [2.45, 2.75) is 13.0 Å². The predicted molar refractivity (Wildman–Crippen MR) is 126 cm³/mol. The molecule has 1 heterocycles. The number of imide groups is 1. The highest BCUT2D eigenvalue weighted by atomic mass is 79.9. The number of hydrazone groups is 1. The van der Waals surface area contributed by atoms with E-state index in [1.54, 1.807) is 0 Å². The first-order chi connectivity index (χ1) is 15.8. The molecule has 2 aromatic carbocycles. The fraction of sp³-hybridized carbons (Fsp3) is 0.261. The highest BCUT2D eigenvalue weighted by Crippen LogP contribution is 2.52. The Kier molecular flexibility index (Phi) is 5.65. The lowest BCUT2D eigenvalue weighted by atomic mass is 9.85. The lowest BCUT2D eigenvalue weighted by Gasteiger charge is -2.13. The number of hydrogen-bond acceptors (Lipinski definition) is 6. The molecule has 2 amide bonds. The first-order valence-corrected chi connectivity index (χ1v) is 11.9. The predicted octanol–water partition coefficient (Wildman–Crippen LogP) is 4.84. The maximum atomic E-state index is 12.9. The highest BCUT2D eigenvalue weighted by molar-refractivity contribution is 9.11. The molecule has 2 fully saturated rings. The van der Waals surface area contributed by atoms with Gasteiger partial charge in [-0.15, -0.1) is 0 Å². The maximum absolute atomic E-state index is 12.9. The number of carbonyl (C=O) groups is 2. The number of ether oxygens (including phenoxy) is 1. The van der Waals surface area contributed by atoms with E-state index in [0.29, 0.717) is 11.3 Å². The molecule has 2 bridgehead atoms. The van der Waals surface area contributed by atoms with Crippen LogP contribution in [-0.2, 0) is 16.2 Å². The number of carbonyl (C=O) groups excluding carboxylic acids is 2. The van der Waals surface area contributed by atoms with Gasteiger partial charge < -0.3 is 4.74 Å². The van der Waals surface area contributed by atoms with E-state index in [9.17, 15) is 19.7 Å². The Hall–Kier alpha value is -2.85. The Balaban J connectivity index is 1.40. The second-order valence-corrected chi connectivity index (χ2v) is 10.0. The van der Waals surface area contributed by atoms with Crippen LogP contribution in [0.2, 0.25) is 0 Å². The molecule has 0 N–H and O–H groups in total. The fourth-order valence-electron chi connectivity index (χ4n) is 4.80. The van der Waals surface area contributed by atoms with E-state index in [4.69, 9.17) is 4.74 Å². The van der Waals surface area contributed by atoms with E-state index in [-0.39, 0.29) is 47.8 Å². The van der Waals surface area contributed by atoms with Gasteiger partial charge in [-0.05, 0) is 36.5 Å². The number of halogens is 2. The van der Waals surface area contributed by atoms with Gasteiger partial charge in [-0.3, -0.25) is 19.7 Å². The van der Waals surface area contributed by atoms with Gasteiger partial charge in [0.2, 0.25) is 0 Å². The zero-order valence-corrected chi connectivity index (χ0v) is 20.2. The topological polar surface area (TPSA) is 102 Å². The van der Waals surface area contributed by atoms with Gasteiger partial charge in [0.1, 0.15) is 12.4 Å². The Bertz CT molecular complexity index is 1210. The molecule has 4 atom stereocenters. The average molecular weight is 575 g/mol. The molecule has 1 aliphatic heterocycles. The molecular formula is C23H17Br2N3O5. The Labute approximate surface area is 205 Å². The average Bonchev–Trinajstić information content (AvgIpc) is 3.46. The zero-order chi connectivity index (χ0) is 23.3. The molecule has 0 radical (unpaired) electrons. The van der Waals surface area contributed by atoms with E-state index in [1.807, 2.05) is 30.4 Å². The third kappa shape index (κ3) is 3.91. The van der Waals surface area contributed by atoms with Crippen LogP contribution >= 0.6 is 31.9 Å². The Morgan fingerprint density at radius 1 is 1.09 bits per heavy atom. The van der Waals surface area contributed by atoms with Crippen LogP contribution in [0.3, 0.4) is 0 Å². The van der Waals surface area contributed by atoms with E-state index < -0.39 is 4.92 Å². The van der Waals surface area contributed by atoms with Crippen LogP contribution in [0.4, 0.5) is 5.69 Å². The van der Waals surface area contributed by atoms with Crippen molar-refractivity contribution in [1.29, 1.82) is 0 Å². The monoisotopic (exact) mass is 573 g/mol. The normalized spacial score (nSPS) is 25.3. The van der Waals surface area contributed by atoms with E-state index in [0.717, 1.165) is 25.9 Å². The lowest BCUT2D eigenvalue weighted by molar-refractivity contribution is -0.384. The van der Waals surface area contributed by atoms with Gasteiger partial charge in [0.25, 0.3) is 17.5 Å². The minimum atomic E-state index is -0.521. The van der Waals surface area contributed by atoms with Crippen molar-refractivity contribution in [1.82, 2.24) is 5.01 Å². The van der Waals surface area contributed by atoms with Crippen LogP contribution in [0.5, 0.6) is 5.75 Å². The van der Waals surface area contributed by atoms with Crippen LogP contribution < -0.4 is 4.74 Å². The number of hydrogen-bond donors (Lipinski definition) is 0. The number of nitrogens with zero attached hydrogens (tertiary/aromatic N) is 3. The molecule has 0 spiro atoms. The minimum absolute atomic E-state index is 0.0812. The molecule has 10 heteroatoms. The summed E-state index contributed by atoms with van der Waals surface area (Å²) in [6.07, 6.45) is 6.14. The molecule has 8 nitrogen and oxygen atoms in total. The molecule has 1 saturated carbocycles. The Morgan fingerprint density at radius 2 is 1.79 bits per heavy atom. The third-order valence-corrected chi connectivity index (χ3v) is 7.59. The molecular weight excluding hydrogens is 558 g/mol. The van der Waals surface area contributed by atoms with Crippen LogP contribution in [0.25, 0.3) is 0 Å². The maximum Gasteiger partial charge on any atom is 0.270 e. The summed E-state index contributed by atoms with van der Waals surface area (Å²) in [6, 6.07) is 9.79. The van der Waals surface area contributed by atoms with Gasteiger partial charge in [0.15, 0.2) is 0 Å². The minimum Gasteiger partial charge on any atom is -0.488 e. The van der Waals surface area contributed by atoms with Gasteiger partial charge in [-0.25, -0.2) is 0 Å². The number of amides is 2. The standard InChI is InChI=1S/C23H17Br2N3O5/c24-16-4-3-14(18(25)9-16)11-33-19-6-5-17(28(31)32)8-15(19)10-26-27-22(29)20-12-1-2-13(7-12)21(20)23(27)30/h1-6,8-10,12-13,20-21H,7,11H2/t12-,13-,20-,21+/m0/s1. The van der Waals surface area contributed by atoms with Gasteiger partial charge in [-0.1, -0.05) is 50.1 Å². The number of fused-ring (bicyclic) bond motifs is 5. The van der Waals surface area contributed by atoms with E-state index >= 15 is 0 Å². The van der Waals surface area contributed by atoms with Crippen LogP contribution in [0, 0.1) is 33.8 Å². The molecule has 0 aromatic heterocycles. The summed E-state index contributed by atoms with van der Waals surface area (Å²) in [5.74, 6) is -0.842. The number of non-ortho nitro benzene ring substituents is 1. The lowest BCUT2D eigenvalue weighted by Crippen LogP contribution is -2.28. The number of rotatable bonds is 6. The van der Waals surface area contributed by atoms with Crippen molar-refractivity contribution in [2.24, 2.45) is 28.8 Å². The molecule has 2 aromatic rings. The SMILES string of the molecule is O=C1[C@@H]2[C@H](C(=O)N1N=Cc1cc([N+](=O)[O-])ccc1OCc1ccc(Br)cc1Br)[C@H]1C=C[C@H]2C1. The molecule has 3 aliphatic rings. The van der Waals surface area contributed by atoms with E-state index in [1.165, 1.54) is 24.4 Å². The number of nitro groups is 1. The summed E-state index contributed by atoms with van der Waals surface area (Å²) in [5, 5.41) is 16.3. The van der Waals surface area contributed by atoms with Crippen molar-refractivity contribution in [2.75, 3.05) is 0 Å². The molecule has 33 heavy (non-hydrogen) atoms. The largest absolute Gasteiger partial charge is 0.488 e. The van der Waals surface area contributed by atoms with E-state index in [2.05, 4.69) is 37.0 Å². The van der Waals surface area contributed by atoms with Gasteiger partial charge in [-0.2, -0.15) is 10.1 Å². The second kappa shape index (κ2) is 8.49. The van der Waals surface area contributed by atoms with Crippen molar-refractivity contribution in [3.8, 4) is 5.75 Å². The fourth-order valence-corrected chi connectivity index (χ4v) is 5.96. The first kappa shape index (κ1) is 22.0. The number of benzene rings is 2. The Morgan fingerprint density at radius 3 is 2.42 bits per heavy atom. The second-order valence-electron chi connectivity index (χ2n) is 8.24. The van der Waals surface area contributed by atoms with Gasteiger partial charge >= 0.3 is 0 Å². The van der Waals surface area contributed by atoms with Crippen molar-refractivity contribution < 1.29 is 19.2 Å². The quantitative estimate of drug-likeness (QED) is 0.161. The summed E-state index contributed by atoms with van der Waals surface area (Å²) in [5.41, 5.74) is 1.03. The van der Waals surface area contributed by atoms with Crippen LogP contribution in [-0.4, -0.2) is 28.0 Å². The van der Waals surface area contributed by atoms with Crippen LogP contribution in [0.15, 0.2) is 62.6 Å². The molecule has 168 valence electrons. The zero-order valence-electron chi connectivity index (χ0n) is 17.1. The highest BCUT2D eigenvalue weighted by Gasteiger charge is 2.59. The van der Waals surface area contributed by atoms with Crippen molar-refractivity contribution >= 4 is 55.6 Å². The third-order valence-electron chi connectivity index (χ3n) is 6.36. The van der Waals surface area contributed by atoms with Gasteiger partial charge in [0.05, 0.1) is 23.0 Å². The summed E-state index contributed by atoms with van der Waals surface area (Å²) in [6.45, 7) is 0.202. The summed E-state index contributed by atoms with van der Waals surface area (Å²) in [7, 11) is 0. The summed E-state index contributed by atoms with van der Waals surface area (Å²) in [4.78, 5) is 36.5. The first-order valence-electron chi connectivity index (χ1n) is 10.3. The smallest absolute Gasteiger partial charge is 0.270 e.